The normalized spacial score (nSPS) is 10.3. The predicted octanol–water partition coefficient (Wildman–Crippen LogP) is 3.02. The monoisotopic (exact) mass is 222 g/mol. The molecule has 0 amide bonds. The van der Waals surface area contributed by atoms with Gasteiger partial charge in [-0.15, -0.1) is 0 Å². The number of nitrogens with two attached hydrogens (primary N) is 1. The van der Waals surface area contributed by atoms with Crippen molar-refractivity contribution < 1.29 is 0 Å². The molecule has 0 fully saturated rings. The molecule has 2 aromatic heterocycles. The van der Waals surface area contributed by atoms with E-state index in [0.717, 1.165) is 16.5 Å². The van der Waals surface area contributed by atoms with Crippen molar-refractivity contribution in [1.29, 1.82) is 0 Å². The molecule has 0 aliphatic carbocycles. The van der Waals surface area contributed by atoms with Crippen LogP contribution in [0.5, 0.6) is 0 Å². The summed E-state index contributed by atoms with van der Waals surface area (Å²) in [6.07, 6.45) is 1.77. The van der Waals surface area contributed by atoms with E-state index in [9.17, 15) is 0 Å². The van der Waals surface area contributed by atoms with Gasteiger partial charge >= 0.3 is 0 Å². The fourth-order valence-electron chi connectivity index (χ4n) is 1.05. The van der Waals surface area contributed by atoms with E-state index in [0.29, 0.717) is 0 Å². The van der Waals surface area contributed by atoms with Crippen molar-refractivity contribution in [3.05, 3.63) is 40.7 Å². The summed E-state index contributed by atoms with van der Waals surface area (Å²) in [6, 6.07) is 5.85. The van der Waals surface area contributed by atoms with Gasteiger partial charge in [-0.25, -0.2) is 4.98 Å². The number of hydrogen-bond donors (Lipinski definition) is 1. The summed E-state index contributed by atoms with van der Waals surface area (Å²) < 4.78 is 0. The molecule has 2 rings (SSSR count). The molecular formula is C10H10N2S2. The van der Waals surface area contributed by atoms with Crippen LogP contribution < -0.4 is 5.73 Å². The van der Waals surface area contributed by atoms with Gasteiger partial charge in [-0.1, -0.05) is 11.8 Å². The van der Waals surface area contributed by atoms with Gasteiger partial charge in [0.25, 0.3) is 0 Å². The smallest absolute Gasteiger partial charge is 0.119 e. The van der Waals surface area contributed by atoms with E-state index >= 15 is 0 Å². The third-order valence-corrected chi connectivity index (χ3v) is 3.58. The van der Waals surface area contributed by atoms with Crippen molar-refractivity contribution in [2.45, 2.75) is 10.8 Å². The molecule has 2 aromatic rings. The van der Waals surface area contributed by atoms with Crippen molar-refractivity contribution in [2.24, 2.45) is 0 Å². The number of anilines is 1. The number of pyridine rings is 1. The molecule has 0 spiro atoms. The van der Waals surface area contributed by atoms with Crippen LogP contribution in [0, 0.1) is 0 Å². The minimum Gasteiger partial charge on any atom is -0.397 e. The maximum atomic E-state index is 5.78. The molecule has 2 heterocycles. The summed E-state index contributed by atoms with van der Waals surface area (Å²) in [6.45, 7) is 0. The van der Waals surface area contributed by atoms with Gasteiger partial charge in [0.1, 0.15) is 5.03 Å². The second kappa shape index (κ2) is 4.48. The SMILES string of the molecule is Nc1cccnc1SCc1ccsc1. The molecule has 72 valence electrons. The Morgan fingerprint density at radius 3 is 3.07 bits per heavy atom. The summed E-state index contributed by atoms with van der Waals surface area (Å²) in [5.74, 6) is 0.935. The molecule has 2 nitrogen and oxygen atoms in total. The summed E-state index contributed by atoms with van der Waals surface area (Å²) in [5, 5.41) is 5.14. The van der Waals surface area contributed by atoms with Crippen LogP contribution >= 0.6 is 23.1 Å². The lowest BCUT2D eigenvalue weighted by Gasteiger charge is -2.01. The molecule has 0 radical (unpaired) electrons. The van der Waals surface area contributed by atoms with Crippen LogP contribution in [-0.4, -0.2) is 4.98 Å². The second-order valence-electron chi connectivity index (χ2n) is 2.82. The molecular weight excluding hydrogens is 212 g/mol. The van der Waals surface area contributed by atoms with E-state index in [-0.39, 0.29) is 0 Å². The van der Waals surface area contributed by atoms with Gasteiger partial charge in [0.15, 0.2) is 0 Å². The first-order valence-electron chi connectivity index (χ1n) is 4.20. The highest BCUT2D eigenvalue weighted by Crippen LogP contribution is 2.25. The number of hydrogen-bond acceptors (Lipinski definition) is 4. The van der Waals surface area contributed by atoms with E-state index in [1.54, 1.807) is 29.3 Å². The van der Waals surface area contributed by atoms with Crippen LogP contribution in [0.15, 0.2) is 40.2 Å². The van der Waals surface area contributed by atoms with E-state index in [1.165, 1.54) is 5.56 Å². The Kier molecular flexibility index (Phi) is 3.06. The average Bonchev–Trinajstić information content (AvgIpc) is 2.69. The van der Waals surface area contributed by atoms with Crippen molar-refractivity contribution >= 4 is 28.8 Å². The van der Waals surface area contributed by atoms with Gasteiger partial charge in [0.2, 0.25) is 0 Å². The Bertz CT molecular complexity index is 398. The maximum Gasteiger partial charge on any atom is 0.119 e. The van der Waals surface area contributed by atoms with Gasteiger partial charge < -0.3 is 5.73 Å². The first kappa shape index (κ1) is 9.55. The van der Waals surface area contributed by atoms with Gasteiger partial charge in [0, 0.05) is 11.9 Å². The Labute approximate surface area is 91.2 Å². The van der Waals surface area contributed by atoms with Gasteiger partial charge in [0.05, 0.1) is 5.69 Å². The average molecular weight is 222 g/mol. The zero-order valence-electron chi connectivity index (χ0n) is 7.51. The molecule has 0 bridgehead atoms. The van der Waals surface area contributed by atoms with Crippen LogP contribution in [0.1, 0.15) is 5.56 Å². The third-order valence-electron chi connectivity index (χ3n) is 1.76. The maximum absolute atomic E-state index is 5.78. The number of thioether (sulfide) groups is 1. The number of aromatic nitrogens is 1. The summed E-state index contributed by atoms with van der Waals surface area (Å²) in [5.41, 5.74) is 7.86. The van der Waals surface area contributed by atoms with E-state index in [4.69, 9.17) is 5.73 Å². The summed E-state index contributed by atoms with van der Waals surface area (Å²) >= 11 is 3.39. The van der Waals surface area contributed by atoms with Crippen LogP contribution in [0.25, 0.3) is 0 Å². The lowest BCUT2D eigenvalue weighted by atomic mass is 10.4. The quantitative estimate of drug-likeness (QED) is 0.811. The minimum absolute atomic E-state index is 0.757. The van der Waals surface area contributed by atoms with Crippen molar-refractivity contribution in [2.75, 3.05) is 5.73 Å². The van der Waals surface area contributed by atoms with Crippen molar-refractivity contribution in [3.8, 4) is 0 Å². The van der Waals surface area contributed by atoms with Gasteiger partial charge in [-0.2, -0.15) is 11.3 Å². The minimum atomic E-state index is 0.757. The first-order valence-corrected chi connectivity index (χ1v) is 6.13. The molecule has 0 aliphatic heterocycles. The molecule has 0 saturated carbocycles. The van der Waals surface area contributed by atoms with Crippen LogP contribution in [0.2, 0.25) is 0 Å². The predicted molar refractivity (Wildman–Crippen MR) is 62.5 cm³/mol. The van der Waals surface area contributed by atoms with E-state index < -0.39 is 0 Å². The number of nitrogens with zero attached hydrogens (tertiary/aromatic N) is 1. The highest BCUT2D eigenvalue weighted by molar-refractivity contribution is 7.98. The number of rotatable bonds is 3. The van der Waals surface area contributed by atoms with Gasteiger partial charge in [-0.3, -0.25) is 0 Å². The Morgan fingerprint density at radius 2 is 2.36 bits per heavy atom. The summed E-state index contributed by atoms with van der Waals surface area (Å²) in [4.78, 5) is 4.22. The van der Waals surface area contributed by atoms with Crippen molar-refractivity contribution in [3.63, 3.8) is 0 Å². The zero-order valence-corrected chi connectivity index (χ0v) is 9.15. The Hall–Kier alpha value is -1.00. The highest BCUT2D eigenvalue weighted by Gasteiger charge is 2.00. The van der Waals surface area contributed by atoms with Crippen LogP contribution in [0.4, 0.5) is 5.69 Å². The van der Waals surface area contributed by atoms with Gasteiger partial charge in [-0.05, 0) is 34.5 Å². The highest BCUT2D eigenvalue weighted by atomic mass is 32.2. The lowest BCUT2D eigenvalue weighted by Crippen LogP contribution is -1.90. The van der Waals surface area contributed by atoms with Crippen LogP contribution in [-0.2, 0) is 5.75 Å². The number of nitrogen functional groups attached to an aromatic ring is 1. The fraction of sp³-hybridized carbons (Fsp3) is 0.100. The molecule has 2 N–H and O–H groups in total. The van der Waals surface area contributed by atoms with Crippen LogP contribution in [0.3, 0.4) is 0 Å². The largest absolute Gasteiger partial charge is 0.397 e. The lowest BCUT2D eigenvalue weighted by molar-refractivity contribution is 1.14. The molecule has 0 unspecified atom stereocenters. The standard InChI is InChI=1S/C10H10N2S2/c11-9-2-1-4-12-10(9)14-7-8-3-5-13-6-8/h1-6H,7,11H2. The molecule has 4 heteroatoms. The second-order valence-corrected chi connectivity index (χ2v) is 4.56. The third kappa shape index (κ3) is 2.27. The zero-order chi connectivity index (χ0) is 9.80. The molecule has 0 atom stereocenters. The Morgan fingerprint density at radius 1 is 1.43 bits per heavy atom. The molecule has 14 heavy (non-hydrogen) atoms. The van der Waals surface area contributed by atoms with E-state index in [1.807, 2.05) is 12.1 Å². The topological polar surface area (TPSA) is 38.9 Å². The molecule has 0 saturated heterocycles. The van der Waals surface area contributed by atoms with E-state index in [2.05, 4.69) is 21.8 Å². The first-order chi connectivity index (χ1) is 6.86. The molecule has 0 aromatic carbocycles. The Balaban J connectivity index is 2.02. The fourth-order valence-corrected chi connectivity index (χ4v) is 2.68. The summed E-state index contributed by atoms with van der Waals surface area (Å²) in [7, 11) is 0. The van der Waals surface area contributed by atoms with Crippen molar-refractivity contribution in [1.82, 2.24) is 4.98 Å². The molecule has 0 aliphatic rings. The number of thiophene rings is 1.